The topological polar surface area (TPSA) is 26.3 Å². The summed E-state index contributed by atoms with van der Waals surface area (Å²) >= 11 is 0. The van der Waals surface area contributed by atoms with Crippen molar-refractivity contribution >= 4 is 5.97 Å². The molecule has 3 aromatic rings. The number of benzene rings is 3. The number of carbonyl (C=O) groups excluding carboxylic acids is 1. The van der Waals surface area contributed by atoms with Gasteiger partial charge in [0, 0.05) is 0 Å². The van der Waals surface area contributed by atoms with E-state index in [9.17, 15) is 4.79 Å². The van der Waals surface area contributed by atoms with Gasteiger partial charge in [-0.05, 0) is 47.4 Å². The van der Waals surface area contributed by atoms with Crippen molar-refractivity contribution in [2.45, 2.75) is 6.42 Å². The van der Waals surface area contributed by atoms with E-state index >= 15 is 0 Å². The first-order valence-corrected chi connectivity index (χ1v) is 7.84. The van der Waals surface area contributed by atoms with Crippen molar-refractivity contribution in [2.75, 3.05) is 0 Å². The molecule has 0 saturated carbocycles. The van der Waals surface area contributed by atoms with E-state index in [1.54, 1.807) is 24.3 Å². The average molecular weight is 314 g/mol. The number of allylic oxidation sites excluding steroid dienone is 1. The van der Waals surface area contributed by atoms with Gasteiger partial charge in [0.2, 0.25) is 0 Å². The summed E-state index contributed by atoms with van der Waals surface area (Å²) in [5.41, 5.74) is 3.86. The van der Waals surface area contributed by atoms with Crippen molar-refractivity contribution in [1.82, 2.24) is 0 Å². The quantitative estimate of drug-likeness (QED) is 0.363. The van der Waals surface area contributed by atoms with Crippen LogP contribution < -0.4 is 4.74 Å². The first-order chi connectivity index (χ1) is 11.8. The minimum Gasteiger partial charge on any atom is -0.423 e. The number of hydrogen-bond donors (Lipinski definition) is 0. The molecule has 0 bridgehead atoms. The number of esters is 1. The Morgan fingerprint density at radius 1 is 0.833 bits per heavy atom. The molecule has 2 nitrogen and oxygen atoms in total. The van der Waals surface area contributed by atoms with E-state index in [4.69, 9.17) is 4.74 Å². The Kier molecular flexibility index (Phi) is 4.87. The van der Waals surface area contributed by atoms with Crippen LogP contribution in [-0.2, 0) is 6.42 Å². The van der Waals surface area contributed by atoms with Gasteiger partial charge in [-0.3, -0.25) is 0 Å². The fourth-order valence-electron chi connectivity index (χ4n) is 2.46. The molecule has 0 aromatic heterocycles. The van der Waals surface area contributed by atoms with Gasteiger partial charge >= 0.3 is 5.97 Å². The third kappa shape index (κ3) is 3.79. The third-order valence-electron chi connectivity index (χ3n) is 3.74. The zero-order valence-electron chi connectivity index (χ0n) is 13.3. The van der Waals surface area contributed by atoms with Gasteiger partial charge in [-0.1, -0.05) is 60.7 Å². The maximum absolute atomic E-state index is 12.2. The molecule has 0 aliphatic heterocycles. The lowest BCUT2D eigenvalue weighted by Crippen LogP contribution is -2.08. The van der Waals surface area contributed by atoms with Crippen molar-refractivity contribution in [3.05, 3.63) is 103 Å². The molecule has 2 heteroatoms. The zero-order valence-corrected chi connectivity index (χ0v) is 13.3. The van der Waals surface area contributed by atoms with Crippen molar-refractivity contribution < 1.29 is 9.53 Å². The lowest BCUT2D eigenvalue weighted by Gasteiger charge is -2.06. The fraction of sp³-hybridized carbons (Fsp3) is 0.0455. The molecule has 24 heavy (non-hydrogen) atoms. The van der Waals surface area contributed by atoms with Crippen LogP contribution in [0, 0.1) is 0 Å². The van der Waals surface area contributed by atoms with Crippen molar-refractivity contribution in [1.29, 1.82) is 0 Å². The monoisotopic (exact) mass is 314 g/mol. The van der Waals surface area contributed by atoms with Crippen molar-refractivity contribution in [3.63, 3.8) is 0 Å². The summed E-state index contributed by atoms with van der Waals surface area (Å²) < 4.78 is 5.41. The van der Waals surface area contributed by atoms with Gasteiger partial charge in [0.15, 0.2) is 0 Å². The number of carbonyl (C=O) groups is 1. The van der Waals surface area contributed by atoms with Crippen LogP contribution in [0.3, 0.4) is 0 Å². The molecule has 0 aliphatic rings. The molecule has 0 saturated heterocycles. The zero-order chi connectivity index (χ0) is 16.8. The third-order valence-corrected chi connectivity index (χ3v) is 3.74. The molecule has 0 unspecified atom stereocenters. The largest absolute Gasteiger partial charge is 0.423 e. The van der Waals surface area contributed by atoms with Gasteiger partial charge in [0.1, 0.15) is 5.75 Å². The van der Waals surface area contributed by atoms with Gasteiger partial charge in [-0.2, -0.15) is 0 Å². The predicted molar refractivity (Wildman–Crippen MR) is 97.2 cm³/mol. The maximum atomic E-state index is 12.2. The van der Waals surface area contributed by atoms with Gasteiger partial charge in [0.25, 0.3) is 0 Å². The van der Waals surface area contributed by atoms with E-state index in [0.29, 0.717) is 11.3 Å². The normalized spacial score (nSPS) is 10.2. The second-order valence-corrected chi connectivity index (χ2v) is 5.47. The summed E-state index contributed by atoms with van der Waals surface area (Å²) in [5.74, 6) is 0.186. The molecule has 0 radical (unpaired) electrons. The molecule has 0 amide bonds. The predicted octanol–water partition coefficient (Wildman–Crippen LogP) is 5.30. The highest BCUT2D eigenvalue weighted by atomic mass is 16.5. The van der Waals surface area contributed by atoms with Crippen LogP contribution >= 0.6 is 0 Å². The Hall–Kier alpha value is -3.13. The van der Waals surface area contributed by atoms with Crippen molar-refractivity contribution in [3.8, 4) is 16.9 Å². The van der Waals surface area contributed by atoms with Crippen LogP contribution in [0.1, 0.15) is 15.9 Å². The molecular formula is C22H18O2. The van der Waals surface area contributed by atoms with Crippen LogP contribution in [0.25, 0.3) is 11.1 Å². The van der Waals surface area contributed by atoms with Crippen LogP contribution in [0.2, 0.25) is 0 Å². The number of hydrogen-bond acceptors (Lipinski definition) is 2. The average Bonchev–Trinajstić information content (AvgIpc) is 2.64. The standard InChI is InChI=1S/C22H18O2/c1-2-6-17-9-15-21(16-10-17)24-22(23)20-13-11-19(12-14-20)18-7-4-3-5-8-18/h2-5,7-16H,1,6H2. The first-order valence-electron chi connectivity index (χ1n) is 7.84. The van der Waals surface area contributed by atoms with E-state index in [2.05, 4.69) is 6.58 Å². The van der Waals surface area contributed by atoms with E-state index in [1.807, 2.05) is 60.7 Å². The lowest BCUT2D eigenvalue weighted by atomic mass is 10.0. The van der Waals surface area contributed by atoms with Crippen LogP contribution in [0.4, 0.5) is 0 Å². The van der Waals surface area contributed by atoms with E-state index in [-0.39, 0.29) is 5.97 Å². The molecule has 0 heterocycles. The Balaban J connectivity index is 1.70. The summed E-state index contributed by atoms with van der Waals surface area (Å²) in [6.45, 7) is 3.71. The smallest absolute Gasteiger partial charge is 0.343 e. The maximum Gasteiger partial charge on any atom is 0.343 e. The Morgan fingerprint density at radius 2 is 1.46 bits per heavy atom. The van der Waals surface area contributed by atoms with E-state index in [0.717, 1.165) is 23.1 Å². The molecule has 3 aromatic carbocycles. The lowest BCUT2D eigenvalue weighted by molar-refractivity contribution is 0.0735. The molecule has 3 rings (SSSR count). The molecule has 0 spiro atoms. The molecule has 118 valence electrons. The number of rotatable bonds is 5. The van der Waals surface area contributed by atoms with Crippen LogP contribution in [0.5, 0.6) is 5.75 Å². The molecule has 0 fully saturated rings. The SMILES string of the molecule is C=CCc1ccc(OC(=O)c2ccc(-c3ccccc3)cc2)cc1. The van der Waals surface area contributed by atoms with E-state index in [1.165, 1.54) is 0 Å². The molecule has 0 atom stereocenters. The minimum atomic E-state index is -0.355. The highest BCUT2D eigenvalue weighted by Crippen LogP contribution is 2.20. The first kappa shape index (κ1) is 15.8. The highest BCUT2D eigenvalue weighted by molar-refractivity contribution is 5.91. The Bertz CT molecular complexity index is 816. The second kappa shape index (κ2) is 7.42. The Labute approximate surface area is 142 Å². The molecule has 0 N–H and O–H groups in total. The van der Waals surface area contributed by atoms with Crippen LogP contribution in [0.15, 0.2) is 91.5 Å². The highest BCUT2D eigenvalue weighted by Gasteiger charge is 2.09. The van der Waals surface area contributed by atoms with Crippen molar-refractivity contribution in [2.24, 2.45) is 0 Å². The summed E-state index contributed by atoms with van der Waals surface area (Å²) in [6, 6.07) is 25.0. The fourth-order valence-corrected chi connectivity index (χ4v) is 2.46. The number of ether oxygens (including phenoxy) is 1. The summed E-state index contributed by atoms with van der Waals surface area (Å²) in [6.07, 6.45) is 2.64. The summed E-state index contributed by atoms with van der Waals surface area (Å²) in [7, 11) is 0. The second-order valence-electron chi connectivity index (χ2n) is 5.47. The molecule has 0 aliphatic carbocycles. The molecular weight excluding hydrogens is 296 g/mol. The van der Waals surface area contributed by atoms with Crippen LogP contribution in [-0.4, -0.2) is 5.97 Å². The Morgan fingerprint density at radius 3 is 2.08 bits per heavy atom. The minimum absolute atomic E-state index is 0.355. The summed E-state index contributed by atoms with van der Waals surface area (Å²) in [4.78, 5) is 12.2. The van der Waals surface area contributed by atoms with Gasteiger partial charge in [0.05, 0.1) is 5.56 Å². The van der Waals surface area contributed by atoms with Gasteiger partial charge in [-0.15, -0.1) is 6.58 Å². The van der Waals surface area contributed by atoms with Gasteiger partial charge < -0.3 is 4.74 Å². The summed E-state index contributed by atoms with van der Waals surface area (Å²) in [5, 5.41) is 0. The van der Waals surface area contributed by atoms with Gasteiger partial charge in [-0.25, -0.2) is 4.79 Å². The van der Waals surface area contributed by atoms with E-state index < -0.39 is 0 Å².